The van der Waals surface area contributed by atoms with E-state index in [1.165, 1.54) is 0 Å². The number of hydrogen-bond donors (Lipinski definition) is 1. The average molecular weight is 356 g/mol. The highest BCUT2D eigenvalue weighted by atomic mass is 35.6. The fourth-order valence-electron chi connectivity index (χ4n) is 2.23. The van der Waals surface area contributed by atoms with Crippen LogP contribution in [0.3, 0.4) is 0 Å². The van der Waals surface area contributed by atoms with Crippen molar-refractivity contribution in [1.82, 2.24) is 10.2 Å². The van der Waals surface area contributed by atoms with Gasteiger partial charge in [0.2, 0.25) is 3.79 Å². The van der Waals surface area contributed by atoms with Crippen LogP contribution in [-0.4, -0.2) is 33.9 Å². The van der Waals surface area contributed by atoms with Crippen LogP contribution >= 0.6 is 46.4 Å². The number of nitrogens with one attached hydrogen (secondary N) is 1. The molecule has 1 aliphatic rings. The molecule has 1 N–H and O–H groups in total. The molecule has 3 nitrogen and oxygen atoms in total. The third-order valence-electron chi connectivity index (χ3n) is 3.20. The zero-order chi connectivity index (χ0) is 14.8. The van der Waals surface area contributed by atoms with E-state index in [9.17, 15) is 4.79 Å². The molecule has 1 aliphatic heterocycles. The minimum Gasteiger partial charge on any atom is -0.332 e. The van der Waals surface area contributed by atoms with Crippen LogP contribution in [0.2, 0.25) is 5.02 Å². The first-order valence-electron chi connectivity index (χ1n) is 6.26. The first kappa shape index (κ1) is 16.2. The summed E-state index contributed by atoms with van der Waals surface area (Å²) in [6, 6.07) is 6.78. The van der Waals surface area contributed by atoms with E-state index >= 15 is 0 Å². The number of carbonyl (C=O) groups is 1. The summed E-state index contributed by atoms with van der Waals surface area (Å²) in [6.45, 7) is 1.59. The molecule has 1 atom stereocenters. The quantitative estimate of drug-likeness (QED) is 0.835. The SMILES string of the molecule is O=C(N[C@@H](N1CCCC1)C(Cl)(Cl)Cl)c1ccccc1Cl. The van der Waals surface area contributed by atoms with Gasteiger partial charge in [0, 0.05) is 13.1 Å². The van der Waals surface area contributed by atoms with E-state index in [-0.39, 0.29) is 5.91 Å². The third-order valence-corrected chi connectivity index (χ3v) is 4.15. The minimum atomic E-state index is -1.60. The van der Waals surface area contributed by atoms with Crippen LogP contribution in [-0.2, 0) is 0 Å². The second-order valence-corrected chi connectivity index (χ2v) is 7.42. The number of alkyl halides is 3. The van der Waals surface area contributed by atoms with Gasteiger partial charge in [-0.3, -0.25) is 9.69 Å². The molecular formula is C13H14Cl4N2O. The number of rotatable bonds is 3. The van der Waals surface area contributed by atoms with E-state index in [2.05, 4.69) is 5.32 Å². The van der Waals surface area contributed by atoms with E-state index in [1.54, 1.807) is 24.3 Å². The molecule has 0 spiro atoms. The van der Waals surface area contributed by atoms with Crippen molar-refractivity contribution in [2.24, 2.45) is 0 Å². The Morgan fingerprint density at radius 2 is 1.80 bits per heavy atom. The van der Waals surface area contributed by atoms with Crippen molar-refractivity contribution in [3.63, 3.8) is 0 Å². The topological polar surface area (TPSA) is 32.3 Å². The van der Waals surface area contributed by atoms with Gasteiger partial charge < -0.3 is 5.32 Å². The number of halogens is 4. The van der Waals surface area contributed by atoms with Crippen molar-refractivity contribution < 1.29 is 4.79 Å². The van der Waals surface area contributed by atoms with Crippen molar-refractivity contribution in [2.45, 2.75) is 22.8 Å². The summed E-state index contributed by atoms with van der Waals surface area (Å²) in [4.78, 5) is 14.2. The molecule has 2 rings (SSSR count). The summed E-state index contributed by atoms with van der Waals surface area (Å²) in [5.74, 6) is -0.348. The molecule has 1 aromatic rings. The second-order valence-electron chi connectivity index (χ2n) is 4.64. The van der Waals surface area contributed by atoms with Gasteiger partial charge in [0.15, 0.2) is 0 Å². The van der Waals surface area contributed by atoms with Crippen molar-refractivity contribution in [3.05, 3.63) is 34.9 Å². The molecule has 0 bridgehead atoms. The van der Waals surface area contributed by atoms with Gasteiger partial charge in [0.1, 0.15) is 6.17 Å². The van der Waals surface area contributed by atoms with Crippen LogP contribution in [0.5, 0.6) is 0 Å². The van der Waals surface area contributed by atoms with Crippen LogP contribution < -0.4 is 5.32 Å². The highest BCUT2D eigenvalue weighted by Crippen LogP contribution is 2.34. The Balaban J connectivity index is 2.16. The maximum absolute atomic E-state index is 12.3. The van der Waals surface area contributed by atoms with Crippen molar-refractivity contribution in [2.75, 3.05) is 13.1 Å². The molecule has 7 heteroatoms. The van der Waals surface area contributed by atoms with Gasteiger partial charge in [-0.2, -0.15) is 0 Å². The molecule has 1 fully saturated rings. The number of amides is 1. The van der Waals surface area contributed by atoms with Gasteiger partial charge in [0.05, 0.1) is 10.6 Å². The highest BCUT2D eigenvalue weighted by molar-refractivity contribution is 6.68. The summed E-state index contributed by atoms with van der Waals surface area (Å²) >= 11 is 24.0. The fraction of sp³-hybridized carbons (Fsp3) is 0.462. The smallest absolute Gasteiger partial charge is 0.254 e. The summed E-state index contributed by atoms with van der Waals surface area (Å²) in [6.07, 6.45) is 1.39. The predicted molar refractivity (Wildman–Crippen MR) is 83.8 cm³/mol. The Kier molecular flexibility index (Phi) is 5.43. The van der Waals surface area contributed by atoms with E-state index in [0.29, 0.717) is 10.6 Å². The summed E-state index contributed by atoms with van der Waals surface area (Å²) < 4.78 is -1.60. The molecule has 0 unspecified atom stereocenters. The Morgan fingerprint density at radius 1 is 1.20 bits per heavy atom. The number of likely N-dealkylation sites (tertiary alicyclic amines) is 1. The monoisotopic (exact) mass is 354 g/mol. The standard InChI is InChI=1S/C13H14Cl4N2O/c14-10-6-2-1-5-9(10)11(20)18-12(13(15,16)17)19-7-3-4-8-19/h1-2,5-6,12H,3-4,7-8H2,(H,18,20)/t12-/m0/s1. The fourth-order valence-corrected chi connectivity index (χ4v) is 3.03. The zero-order valence-corrected chi connectivity index (χ0v) is 13.6. The van der Waals surface area contributed by atoms with Gasteiger partial charge in [0.25, 0.3) is 5.91 Å². The first-order valence-corrected chi connectivity index (χ1v) is 7.77. The molecule has 0 radical (unpaired) electrons. The predicted octanol–water partition coefficient (Wildman–Crippen LogP) is 3.86. The lowest BCUT2D eigenvalue weighted by Gasteiger charge is -2.33. The maximum Gasteiger partial charge on any atom is 0.254 e. The number of benzene rings is 1. The van der Waals surface area contributed by atoms with Crippen LogP contribution in [0.15, 0.2) is 24.3 Å². The lowest BCUT2D eigenvalue weighted by molar-refractivity contribution is 0.0874. The molecule has 1 saturated heterocycles. The van der Waals surface area contributed by atoms with Gasteiger partial charge in [-0.1, -0.05) is 58.5 Å². The summed E-state index contributed by atoms with van der Waals surface area (Å²) in [7, 11) is 0. The molecule has 0 saturated carbocycles. The summed E-state index contributed by atoms with van der Waals surface area (Å²) in [5.41, 5.74) is 0.368. The first-order chi connectivity index (χ1) is 9.39. The van der Waals surface area contributed by atoms with Crippen LogP contribution in [0.25, 0.3) is 0 Å². The van der Waals surface area contributed by atoms with Gasteiger partial charge in [-0.15, -0.1) is 0 Å². The number of carbonyl (C=O) groups excluding carboxylic acids is 1. The molecule has 20 heavy (non-hydrogen) atoms. The number of nitrogens with zero attached hydrogens (tertiary/aromatic N) is 1. The lowest BCUT2D eigenvalue weighted by atomic mass is 10.2. The van der Waals surface area contributed by atoms with Crippen LogP contribution in [0, 0.1) is 0 Å². The van der Waals surface area contributed by atoms with Crippen molar-refractivity contribution >= 4 is 52.3 Å². The third kappa shape index (κ3) is 3.92. The average Bonchev–Trinajstić information content (AvgIpc) is 2.88. The molecule has 110 valence electrons. The van der Waals surface area contributed by atoms with Crippen LogP contribution in [0.1, 0.15) is 23.2 Å². The largest absolute Gasteiger partial charge is 0.332 e. The van der Waals surface area contributed by atoms with Crippen molar-refractivity contribution in [3.8, 4) is 0 Å². The minimum absolute atomic E-state index is 0.348. The molecule has 1 heterocycles. The van der Waals surface area contributed by atoms with Crippen molar-refractivity contribution in [1.29, 1.82) is 0 Å². The van der Waals surface area contributed by atoms with Gasteiger partial charge >= 0.3 is 0 Å². The normalized spacial score (nSPS) is 18.0. The zero-order valence-electron chi connectivity index (χ0n) is 10.6. The second kappa shape index (κ2) is 6.71. The molecule has 0 aliphatic carbocycles. The molecular weight excluding hydrogens is 342 g/mol. The van der Waals surface area contributed by atoms with Crippen LogP contribution in [0.4, 0.5) is 0 Å². The number of hydrogen-bond acceptors (Lipinski definition) is 2. The van der Waals surface area contributed by atoms with E-state index in [4.69, 9.17) is 46.4 Å². The highest BCUT2D eigenvalue weighted by Gasteiger charge is 2.39. The van der Waals surface area contributed by atoms with Gasteiger partial charge in [-0.25, -0.2) is 0 Å². The Hall–Kier alpha value is -0.190. The van der Waals surface area contributed by atoms with Gasteiger partial charge in [-0.05, 0) is 25.0 Å². The maximum atomic E-state index is 12.3. The lowest BCUT2D eigenvalue weighted by Crippen LogP contribution is -2.54. The van der Waals surface area contributed by atoms with E-state index in [0.717, 1.165) is 25.9 Å². The van der Waals surface area contributed by atoms with E-state index in [1.807, 2.05) is 4.90 Å². The molecule has 1 amide bonds. The molecule has 1 aromatic carbocycles. The van der Waals surface area contributed by atoms with E-state index < -0.39 is 9.96 Å². The Labute approximate surface area is 138 Å². The Morgan fingerprint density at radius 3 is 2.35 bits per heavy atom. The summed E-state index contributed by atoms with van der Waals surface area (Å²) in [5, 5.41) is 3.13. The Bertz CT molecular complexity index is 484. The molecule has 0 aromatic heterocycles.